The summed E-state index contributed by atoms with van der Waals surface area (Å²) >= 11 is 0. The molecule has 0 saturated carbocycles. The fraction of sp³-hybridized carbons (Fsp3) is 0.588. The van der Waals surface area contributed by atoms with E-state index in [2.05, 4.69) is 5.32 Å². The lowest BCUT2D eigenvalue weighted by Crippen LogP contribution is -2.40. The number of nitrogens with one attached hydrogen (secondary N) is 1. The summed E-state index contributed by atoms with van der Waals surface area (Å²) in [6.07, 6.45) is 0.415. The summed E-state index contributed by atoms with van der Waals surface area (Å²) in [5, 5.41) is 2.91. The van der Waals surface area contributed by atoms with Gasteiger partial charge in [0.2, 0.25) is 5.91 Å². The molecule has 1 amide bonds. The quantitative estimate of drug-likeness (QED) is 0.882. The van der Waals surface area contributed by atoms with Gasteiger partial charge in [-0.2, -0.15) is 0 Å². The second-order valence-electron chi connectivity index (χ2n) is 7.06. The van der Waals surface area contributed by atoms with Crippen LogP contribution in [0.25, 0.3) is 0 Å². The van der Waals surface area contributed by atoms with E-state index in [0.717, 1.165) is 17.1 Å². The van der Waals surface area contributed by atoms with Gasteiger partial charge in [0.1, 0.15) is 13.2 Å². The molecule has 1 N–H and O–H groups in total. The number of sulfone groups is 1. The maximum atomic E-state index is 12.2. The van der Waals surface area contributed by atoms with E-state index in [4.69, 9.17) is 9.47 Å². The predicted octanol–water partition coefficient (Wildman–Crippen LogP) is 1.29. The van der Waals surface area contributed by atoms with Crippen LogP contribution in [-0.2, 0) is 20.0 Å². The number of hydrogen-bond acceptors (Lipinski definition) is 5. The summed E-state index contributed by atoms with van der Waals surface area (Å²) in [4.78, 5) is 12.2. The Bertz CT molecular complexity index is 741. The first-order valence-electron chi connectivity index (χ1n) is 8.15. The van der Waals surface area contributed by atoms with Crippen LogP contribution in [0, 0.1) is 5.92 Å². The van der Waals surface area contributed by atoms with E-state index in [1.54, 1.807) is 0 Å². The van der Waals surface area contributed by atoms with E-state index in [1.807, 2.05) is 32.0 Å². The maximum Gasteiger partial charge on any atom is 0.224 e. The molecule has 1 fully saturated rings. The van der Waals surface area contributed by atoms with Gasteiger partial charge in [-0.25, -0.2) is 8.42 Å². The van der Waals surface area contributed by atoms with Crippen molar-refractivity contribution >= 4 is 15.7 Å². The van der Waals surface area contributed by atoms with Gasteiger partial charge in [-0.05, 0) is 24.1 Å². The molecular formula is C17H23NO5S. The summed E-state index contributed by atoms with van der Waals surface area (Å²) < 4.78 is 34.1. The summed E-state index contributed by atoms with van der Waals surface area (Å²) in [6.45, 7) is 5.58. The third kappa shape index (κ3) is 3.66. The Morgan fingerprint density at radius 3 is 2.62 bits per heavy atom. The van der Waals surface area contributed by atoms with Gasteiger partial charge < -0.3 is 14.8 Å². The highest BCUT2D eigenvalue weighted by Crippen LogP contribution is 2.35. The van der Waals surface area contributed by atoms with E-state index in [0.29, 0.717) is 26.2 Å². The summed E-state index contributed by atoms with van der Waals surface area (Å²) in [7, 11) is -3.05. The molecule has 3 rings (SSSR count). The number of carbonyl (C=O) groups is 1. The van der Waals surface area contributed by atoms with Crippen LogP contribution in [-0.4, -0.2) is 45.6 Å². The first-order valence-corrected chi connectivity index (χ1v) is 9.97. The standard InChI is InChI=1S/C17H23NO5S/c1-17(2,11-18-16(19)12-5-8-24(20,21)10-12)13-3-4-14-15(9-13)23-7-6-22-14/h3-4,9,12H,5-8,10-11H2,1-2H3,(H,18,19). The van der Waals surface area contributed by atoms with Gasteiger partial charge in [0.25, 0.3) is 0 Å². The van der Waals surface area contributed by atoms with E-state index >= 15 is 0 Å². The van der Waals surface area contributed by atoms with Gasteiger partial charge in [-0.15, -0.1) is 0 Å². The molecule has 7 heteroatoms. The largest absolute Gasteiger partial charge is 0.486 e. The number of ether oxygens (including phenoxy) is 2. The molecule has 6 nitrogen and oxygen atoms in total. The molecule has 0 spiro atoms. The highest BCUT2D eigenvalue weighted by molar-refractivity contribution is 7.91. The molecule has 0 aliphatic carbocycles. The molecule has 0 aromatic heterocycles. The van der Waals surface area contributed by atoms with Crippen LogP contribution in [0.2, 0.25) is 0 Å². The Hall–Kier alpha value is -1.76. The third-order valence-electron chi connectivity index (χ3n) is 4.63. The average Bonchev–Trinajstić information content (AvgIpc) is 2.92. The van der Waals surface area contributed by atoms with Crippen LogP contribution >= 0.6 is 0 Å². The second kappa shape index (κ2) is 6.27. The lowest BCUT2D eigenvalue weighted by molar-refractivity contribution is -0.124. The Morgan fingerprint density at radius 2 is 1.96 bits per heavy atom. The van der Waals surface area contributed by atoms with Gasteiger partial charge in [0.05, 0.1) is 17.4 Å². The maximum absolute atomic E-state index is 12.2. The molecule has 1 aromatic rings. The average molecular weight is 353 g/mol. The second-order valence-corrected chi connectivity index (χ2v) is 9.29. The monoisotopic (exact) mass is 353 g/mol. The lowest BCUT2D eigenvalue weighted by atomic mass is 9.84. The normalized spacial score (nSPS) is 22.2. The highest BCUT2D eigenvalue weighted by Gasteiger charge is 2.34. The predicted molar refractivity (Wildman–Crippen MR) is 90.2 cm³/mol. The number of benzene rings is 1. The van der Waals surface area contributed by atoms with Crippen molar-refractivity contribution in [3.63, 3.8) is 0 Å². The van der Waals surface area contributed by atoms with Crippen LogP contribution < -0.4 is 14.8 Å². The zero-order valence-electron chi connectivity index (χ0n) is 14.0. The van der Waals surface area contributed by atoms with Gasteiger partial charge in [0.15, 0.2) is 21.3 Å². The van der Waals surface area contributed by atoms with E-state index in [1.165, 1.54) is 0 Å². The first-order chi connectivity index (χ1) is 11.3. The van der Waals surface area contributed by atoms with Crippen molar-refractivity contribution in [2.75, 3.05) is 31.3 Å². The summed E-state index contributed by atoms with van der Waals surface area (Å²) in [5.74, 6) is 0.925. The van der Waals surface area contributed by atoms with Crippen molar-refractivity contribution in [2.45, 2.75) is 25.7 Å². The van der Waals surface area contributed by atoms with E-state index < -0.39 is 15.8 Å². The van der Waals surface area contributed by atoms with Crippen LogP contribution in [0.4, 0.5) is 0 Å². The molecular weight excluding hydrogens is 330 g/mol. The molecule has 1 saturated heterocycles. The SMILES string of the molecule is CC(C)(CNC(=O)C1CCS(=O)(=O)C1)c1ccc2c(c1)OCCO2. The minimum absolute atomic E-state index is 0.0384. The summed E-state index contributed by atoms with van der Waals surface area (Å²) in [6, 6.07) is 5.80. The minimum Gasteiger partial charge on any atom is -0.486 e. The molecule has 2 aliphatic rings. The number of amides is 1. The minimum atomic E-state index is -3.05. The molecule has 1 aromatic carbocycles. The van der Waals surface area contributed by atoms with Gasteiger partial charge >= 0.3 is 0 Å². The van der Waals surface area contributed by atoms with Gasteiger partial charge in [-0.3, -0.25) is 4.79 Å². The van der Waals surface area contributed by atoms with Crippen LogP contribution in [0.5, 0.6) is 11.5 Å². The fourth-order valence-electron chi connectivity index (χ4n) is 3.02. The molecule has 0 bridgehead atoms. The van der Waals surface area contributed by atoms with Crippen molar-refractivity contribution in [2.24, 2.45) is 5.92 Å². The Morgan fingerprint density at radius 1 is 1.25 bits per heavy atom. The lowest BCUT2D eigenvalue weighted by Gasteiger charge is -2.28. The number of hydrogen-bond donors (Lipinski definition) is 1. The summed E-state index contributed by atoms with van der Waals surface area (Å²) in [5.41, 5.74) is 0.731. The van der Waals surface area contributed by atoms with Crippen LogP contribution in [0.3, 0.4) is 0 Å². The van der Waals surface area contributed by atoms with Crippen molar-refractivity contribution in [1.29, 1.82) is 0 Å². The Labute approximate surface area is 142 Å². The molecule has 0 radical (unpaired) electrons. The third-order valence-corrected chi connectivity index (χ3v) is 6.40. The van der Waals surface area contributed by atoms with Crippen LogP contribution in [0.1, 0.15) is 25.8 Å². The zero-order chi connectivity index (χ0) is 17.4. The fourth-order valence-corrected chi connectivity index (χ4v) is 4.76. The molecule has 2 aliphatic heterocycles. The van der Waals surface area contributed by atoms with Crippen molar-refractivity contribution in [1.82, 2.24) is 5.32 Å². The molecule has 1 unspecified atom stereocenters. The van der Waals surface area contributed by atoms with E-state index in [9.17, 15) is 13.2 Å². The Kier molecular flexibility index (Phi) is 4.46. The molecule has 132 valence electrons. The van der Waals surface area contributed by atoms with Crippen molar-refractivity contribution < 1.29 is 22.7 Å². The van der Waals surface area contributed by atoms with Crippen LogP contribution in [0.15, 0.2) is 18.2 Å². The van der Waals surface area contributed by atoms with E-state index in [-0.39, 0.29) is 22.8 Å². The Balaban J connectivity index is 1.64. The first kappa shape index (κ1) is 17.1. The van der Waals surface area contributed by atoms with Crippen molar-refractivity contribution in [3.05, 3.63) is 23.8 Å². The number of rotatable bonds is 4. The number of fused-ring (bicyclic) bond motifs is 1. The van der Waals surface area contributed by atoms with Gasteiger partial charge in [-0.1, -0.05) is 19.9 Å². The highest BCUT2D eigenvalue weighted by atomic mass is 32.2. The topological polar surface area (TPSA) is 81.7 Å². The van der Waals surface area contributed by atoms with Gasteiger partial charge in [0, 0.05) is 12.0 Å². The molecule has 24 heavy (non-hydrogen) atoms. The zero-order valence-corrected chi connectivity index (χ0v) is 14.8. The molecule has 1 atom stereocenters. The molecule has 2 heterocycles. The van der Waals surface area contributed by atoms with Crippen molar-refractivity contribution in [3.8, 4) is 11.5 Å². The number of carbonyl (C=O) groups excluding carboxylic acids is 1. The smallest absolute Gasteiger partial charge is 0.224 e.